The first kappa shape index (κ1) is 13.2. The van der Waals surface area contributed by atoms with Crippen molar-refractivity contribution in [1.29, 1.82) is 0 Å². The highest BCUT2D eigenvalue weighted by Crippen LogP contribution is 2.05. The van der Waals surface area contributed by atoms with Crippen LogP contribution in [0.15, 0.2) is 12.3 Å². The van der Waals surface area contributed by atoms with Gasteiger partial charge in [-0.15, -0.1) is 0 Å². The molecule has 0 saturated heterocycles. The van der Waals surface area contributed by atoms with Crippen LogP contribution >= 0.6 is 0 Å². The number of carbonyl (C=O) groups is 2. The summed E-state index contributed by atoms with van der Waals surface area (Å²) in [6.07, 6.45) is 1.65. The normalized spacial score (nSPS) is 10.6. The number of carboxylic acid groups (broad SMARTS) is 1. The van der Waals surface area contributed by atoms with Crippen molar-refractivity contribution in [3.63, 3.8) is 0 Å². The Morgan fingerprint density at radius 3 is 2.59 bits per heavy atom. The second-order valence-electron chi connectivity index (χ2n) is 4.35. The molecular formula is C11H17N3O3. The Bertz CT molecular complexity index is 412. The molecule has 1 heterocycles. The predicted octanol–water partition coefficient (Wildman–Crippen LogP) is 0.603. The van der Waals surface area contributed by atoms with Gasteiger partial charge in [-0.25, -0.2) is 0 Å². The van der Waals surface area contributed by atoms with Gasteiger partial charge in [-0.3, -0.25) is 14.3 Å². The molecular weight excluding hydrogens is 222 g/mol. The molecule has 0 aliphatic rings. The molecule has 0 spiro atoms. The minimum Gasteiger partial charge on any atom is -0.480 e. The van der Waals surface area contributed by atoms with Crippen molar-refractivity contribution in [2.45, 2.75) is 13.8 Å². The van der Waals surface area contributed by atoms with E-state index in [1.165, 1.54) is 9.58 Å². The Labute approximate surface area is 99.8 Å². The average molecular weight is 239 g/mol. The quantitative estimate of drug-likeness (QED) is 0.816. The summed E-state index contributed by atoms with van der Waals surface area (Å²) >= 11 is 0. The number of aromatic nitrogens is 2. The Morgan fingerprint density at radius 1 is 1.53 bits per heavy atom. The highest BCUT2D eigenvalue weighted by molar-refractivity contribution is 5.94. The number of nitrogens with zero attached hydrogens (tertiary/aromatic N) is 3. The molecule has 1 amide bonds. The van der Waals surface area contributed by atoms with Crippen molar-refractivity contribution in [1.82, 2.24) is 14.7 Å². The van der Waals surface area contributed by atoms with Crippen LogP contribution in [0.25, 0.3) is 0 Å². The average Bonchev–Trinajstić information content (AvgIpc) is 2.61. The number of hydrogen-bond donors (Lipinski definition) is 1. The molecule has 0 atom stereocenters. The third-order valence-corrected chi connectivity index (χ3v) is 2.13. The van der Waals surface area contributed by atoms with Crippen LogP contribution in [0, 0.1) is 5.92 Å². The molecule has 6 heteroatoms. The summed E-state index contributed by atoms with van der Waals surface area (Å²) < 4.78 is 1.52. The molecule has 0 saturated carbocycles. The van der Waals surface area contributed by atoms with Gasteiger partial charge in [-0.05, 0) is 12.0 Å². The fourth-order valence-electron chi connectivity index (χ4n) is 1.51. The summed E-state index contributed by atoms with van der Waals surface area (Å²) in [4.78, 5) is 24.0. The molecule has 6 nitrogen and oxygen atoms in total. The van der Waals surface area contributed by atoms with Gasteiger partial charge in [0.25, 0.3) is 5.91 Å². The van der Waals surface area contributed by atoms with Crippen LogP contribution in [0.5, 0.6) is 0 Å². The summed E-state index contributed by atoms with van der Waals surface area (Å²) in [6, 6.07) is 1.58. The maximum Gasteiger partial charge on any atom is 0.323 e. The molecule has 1 aromatic rings. The van der Waals surface area contributed by atoms with Crippen molar-refractivity contribution in [3.8, 4) is 0 Å². The SMILES string of the molecule is CC(C)CN(CC(=O)O)C(=O)c1ccn(C)n1. The van der Waals surface area contributed by atoms with Gasteiger partial charge in [-0.2, -0.15) is 5.10 Å². The maximum atomic E-state index is 12.0. The smallest absolute Gasteiger partial charge is 0.323 e. The van der Waals surface area contributed by atoms with Gasteiger partial charge in [0, 0.05) is 19.8 Å². The van der Waals surface area contributed by atoms with Crippen LogP contribution in [0.2, 0.25) is 0 Å². The highest BCUT2D eigenvalue weighted by Gasteiger charge is 2.21. The molecule has 17 heavy (non-hydrogen) atoms. The number of hydrogen-bond acceptors (Lipinski definition) is 3. The van der Waals surface area contributed by atoms with Crippen LogP contribution in [-0.4, -0.2) is 44.8 Å². The van der Waals surface area contributed by atoms with E-state index in [1.807, 2.05) is 13.8 Å². The van der Waals surface area contributed by atoms with Crippen LogP contribution in [-0.2, 0) is 11.8 Å². The molecule has 0 aliphatic heterocycles. The van der Waals surface area contributed by atoms with Gasteiger partial charge in [0.2, 0.25) is 0 Å². The lowest BCUT2D eigenvalue weighted by molar-refractivity contribution is -0.137. The molecule has 1 N–H and O–H groups in total. The van der Waals surface area contributed by atoms with Gasteiger partial charge in [0.05, 0.1) is 0 Å². The number of aryl methyl sites for hydroxylation is 1. The zero-order chi connectivity index (χ0) is 13.0. The first-order valence-corrected chi connectivity index (χ1v) is 5.41. The molecule has 0 radical (unpaired) electrons. The number of rotatable bonds is 5. The van der Waals surface area contributed by atoms with Gasteiger partial charge in [0.15, 0.2) is 0 Å². The van der Waals surface area contributed by atoms with E-state index in [9.17, 15) is 9.59 Å². The Hall–Kier alpha value is -1.85. The van der Waals surface area contributed by atoms with Crippen molar-refractivity contribution in [2.75, 3.05) is 13.1 Å². The molecule has 0 aliphatic carbocycles. The molecule has 0 unspecified atom stereocenters. The lowest BCUT2D eigenvalue weighted by Gasteiger charge is -2.21. The van der Waals surface area contributed by atoms with Crippen LogP contribution in [0.1, 0.15) is 24.3 Å². The first-order valence-electron chi connectivity index (χ1n) is 5.41. The van der Waals surface area contributed by atoms with Crippen molar-refractivity contribution >= 4 is 11.9 Å². The van der Waals surface area contributed by atoms with E-state index in [0.29, 0.717) is 6.54 Å². The molecule has 1 aromatic heterocycles. The number of amides is 1. The molecule has 94 valence electrons. The molecule has 0 fully saturated rings. The van der Waals surface area contributed by atoms with Crippen LogP contribution < -0.4 is 0 Å². The lowest BCUT2D eigenvalue weighted by Crippen LogP contribution is -2.38. The molecule has 0 bridgehead atoms. The summed E-state index contributed by atoms with van der Waals surface area (Å²) in [5, 5.41) is 12.8. The Morgan fingerprint density at radius 2 is 2.18 bits per heavy atom. The molecule has 0 aromatic carbocycles. The van der Waals surface area contributed by atoms with E-state index in [4.69, 9.17) is 5.11 Å². The largest absolute Gasteiger partial charge is 0.480 e. The fourth-order valence-corrected chi connectivity index (χ4v) is 1.51. The van der Waals surface area contributed by atoms with Gasteiger partial charge >= 0.3 is 5.97 Å². The third kappa shape index (κ3) is 3.90. The maximum absolute atomic E-state index is 12.0. The Kier molecular flexibility index (Phi) is 4.25. The number of aliphatic carboxylic acids is 1. The summed E-state index contributed by atoms with van der Waals surface area (Å²) in [7, 11) is 1.71. The first-order chi connectivity index (χ1) is 7.90. The van der Waals surface area contributed by atoms with Crippen molar-refractivity contribution < 1.29 is 14.7 Å². The van der Waals surface area contributed by atoms with E-state index in [1.54, 1.807) is 19.3 Å². The zero-order valence-corrected chi connectivity index (χ0v) is 10.3. The fraction of sp³-hybridized carbons (Fsp3) is 0.545. The van der Waals surface area contributed by atoms with Crippen LogP contribution in [0.4, 0.5) is 0 Å². The topological polar surface area (TPSA) is 75.4 Å². The lowest BCUT2D eigenvalue weighted by atomic mass is 10.2. The van der Waals surface area contributed by atoms with E-state index in [0.717, 1.165) is 0 Å². The third-order valence-electron chi connectivity index (χ3n) is 2.13. The summed E-state index contributed by atoms with van der Waals surface area (Å²) in [5.41, 5.74) is 0.273. The van der Waals surface area contributed by atoms with Crippen LogP contribution in [0.3, 0.4) is 0 Å². The van der Waals surface area contributed by atoms with Crippen molar-refractivity contribution in [2.24, 2.45) is 13.0 Å². The summed E-state index contributed by atoms with van der Waals surface area (Å²) in [6.45, 7) is 3.97. The minimum atomic E-state index is -1.02. The minimum absolute atomic E-state index is 0.210. The second kappa shape index (κ2) is 5.47. The monoisotopic (exact) mass is 239 g/mol. The van der Waals surface area contributed by atoms with Crippen molar-refractivity contribution in [3.05, 3.63) is 18.0 Å². The number of carboxylic acids is 1. The summed E-state index contributed by atoms with van der Waals surface area (Å²) in [5.74, 6) is -1.15. The van der Waals surface area contributed by atoms with E-state index in [2.05, 4.69) is 5.10 Å². The highest BCUT2D eigenvalue weighted by atomic mass is 16.4. The van der Waals surface area contributed by atoms with E-state index in [-0.39, 0.29) is 24.1 Å². The van der Waals surface area contributed by atoms with Gasteiger partial charge in [-0.1, -0.05) is 13.8 Å². The van der Waals surface area contributed by atoms with Gasteiger partial charge < -0.3 is 10.0 Å². The van der Waals surface area contributed by atoms with Gasteiger partial charge in [0.1, 0.15) is 12.2 Å². The second-order valence-corrected chi connectivity index (χ2v) is 4.35. The van der Waals surface area contributed by atoms with E-state index < -0.39 is 5.97 Å². The molecule has 1 rings (SSSR count). The zero-order valence-electron chi connectivity index (χ0n) is 10.3. The van der Waals surface area contributed by atoms with E-state index >= 15 is 0 Å². The number of carbonyl (C=O) groups excluding carboxylic acids is 1. The standard InChI is InChI=1S/C11H17N3O3/c1-8(2)6-14(7-10(15)16)11(17)9-4-5-13(3)12-9/h4-5,8H,6-7H2,1-3H3,(H,15,16). The predicted molar refractivity (Wildman–Crippen MR) is 61.6 cm³/mol. The Balaban J connectivity index is 2.82.